The van der Waals surface area contributed by atoms with E-state index in [1.807, 2.05) is 30.3 Å². The maximum Gasteiger partial charge on any atom is 0.416 e. The van der Waals surface area contributed by atoms with Crippen molar-refractivity contribution in [3.05, 3.63) is 71.3 Å². The van der Waals surface area contributed by atoms with Crippen LogP contribution in [-0.4, -0.2) is 42.6 Å². The highest BCUT2D eigenvalue weighted by Gasteiger charge is 2.31. The van der Waals surface area contributed by atoms with E-state index in [9.17, 15) is 18.0 Å². The lowest BCUT2D eigenvalue weighted by molar-refractivity contribution is -0.137. The first-order valence-electron chi connectivity index (χ1n) is 9.67. The molecule has 1 atom stereocenters. The van der Waals surface area contributed by atoms with Crippen LogP contribution >= 0.6 is 0 Å². The largest absolute Gasteiger partial charge is 0.445 e. The molecule has 156 valence electrons. The lowest BCUT2D eigenvalue weighted by atomic mass is 10.0. The van der Waals surface area contributed by atoms with E-state index in [-0.39, 0.29) is 6.61 Å². The third-order valence-corrected chi connectivity index (χ3v) is 5.21. The maximum absolute atomic E-state index is 12.9. The molecular weight excluding hydrogens is 381 g/mol. The van der Waals surface area contributed by atoms with Crippen LogP contribution in [0.25, 0.3) is 0 Å². The van der Waals surface area contributed by atoms with E-state index < -0.39 is 23.9 Å². The number of amides is 1. The number of hydrogen-bond acceptors (Lipinski definition) is 3. The summed E-state index contributed by atoms with van der Waals surface area (Å²) in [5.74, 6) is 0. The summed E-state index contributed by atoms with van der Waals surface area (Å²) in [5, 5.41) is 0. The molecule has 2 aromatic carbocycles. The predicted octanol–water partition coefficient (Wildman–Crippen LogP) is 5.11. The highest BCUT2D eigenvalue weighted by Crippen LogP contribution is 2.31. The van der Waals surface area contributed by atoms with Crippen LogP contribution in [0.2, 0.25) is 0 Å². The topological polar surface area (TPSA) is 32.8 Å². The molecule has 1 amide bonds. The molecule has 0 unspecified atom stereocenters. The Bertz CT molecular complexity index is 788. The van der Waals surface area contributed by atoms with Gasteiger partial charge in [0.05, 0.1) is 11.6 Å². The van der Waals surface area contributed by atoms with Gasteiger partial charge in [-0.1, -0.05) is 42.5 Å². The highest BCUT2D eigenvalue weighted by atomic mass is 19.4. The number of alkyl halides is 3. The van der Waals surface area contributed by atoms with E-state index in [2.05, 4.69) is 4.90 Å². The van der Waals surface area contributed by atoms with Crippen molar-refractivity contribution in [3.63, 3.8) is 0 Å². The number of ether oxygens (including phenoxy) is 1. The summed E-state index contributed by atoms with van der Waals surface area (Å²) in [6.45, 7) is 2.55. The SMILES string of the molecule is CN(C(=O)OCc1ccccc1)[C@H](CN1CCCC1)c1ccc(C(F)(F)F)cc1. The Labute approximate surface area is 168 Å². The normalized spacial score (nSPS) is 15.9. The molecule has 0 aromatic heterocycles. The van der Waals surface area contributed by atoms with Crippen LogP contribution in [0.1, 0.15) is 35.6 Å². The lowest BCUT2D eigenvalue weighted by Crippen LogP contribution is -2.38. The fourth-order valence-corrected chi connectivity index (χ4v) is 3.50. The lowest BCUT2D eigenvalue weighted by Gasteiger charge is -2.31. The van der Waals surface area contributed by atoms with Crippen LogP contribution < -0.4 is 0 Å². The molecule has 0 N–H and O–H groups in total. The van der Waals surface area contributed by atoms with E-state index in [4.69, 9.17) is 4.74 Å². The van der Waals surface area contributed by atoms with E-state index >= 15 is 0 Å². The molecule has 0 radical (unpaired) electrons. The zero-order chi connectivity index (χ0) is 20.9. The van der Waals surface area contributed by atoms with Gasteiger partial charge in [-0.15, -0.1) is 0 Å². The Morgan fingerprint density at radius 3 is 2.28 bits per heavy atom. The third kappa shape index (κ3) is 5.73. The van der Waals surface area contributed by atoms with Gasteiger partial charge in [0, 0.05) is 13.6 Å². The number of rotatable bonds is 6. The first-order valence-corrected chi connectivity index (χ1v) is 9.67. The van der Waals surface area contributed by atoms with Crippen molar-refractivity contribution in [2.24, 2.45) is 0 Å². The Morgan fingerprint density at radius 2 is 1.69 bits per heavy atom. The van der Waals surface area contributed by atoms with Crippen LogP contribution in [0.3, 0.4) is 0 Å². The molecule has 29 heavy (non-hydrogen) atoms. The molecule has 0 bridgehead atoms. The molecule has 2 aromatic rings. The van der Waals surface area contributed by atoms with Gasteiger partial charge in [0.1, 0.15) is 6.61 Å². The third-order valence-electron chi connectivity index (χ3n) is 5.21. The molecule has 1 aliphatic heterocycles. The predicted molar refractivity (Wildman–Crippen MR) is 104 cm³/mol. The van der Waals surface area contributed by atoms with Gasteiger partial charge in [-0.3, -0.25) is 0 Å². The molecule has 4 nitrogen and oxygen atoms in total. The minimum Gasteiger partial charge on any atom is -0.445 e. The Hall–Kier alpha value is -2.54. The second-order valence-corrected chi connectivity index (χ2v) is 7.29. The summed E-state index contributed by atoms with van der Waals surface area (Å²) in [7, 11) is 1.63. The molecular formula is C22H25F3N2O2. The van der Waals surface area contributed by atoms with Crippen molar-refractivity contribution in [2.75, 3.05) is 26.7 Å². The van der Waals surface area contributed by atoms with Crippen LogP contribution in [0.15, 0.2) is 54.6 Å². The van der Waals surface area contributed by atoms with Gasteiger partial charge in [0.25, 0.3) is 0 Å². The number of halogens is 3. The van der Waals surface area contributed by atoms with Gasteiger partial charge in [-0.05, 0) is 49.2 Å². The minimum absolute atomic E-state index is 0.146. The summed E-state index contributed by atoms with van der Waals surface area (Å²) in [5.41, 5.74) is 0.833. The summed E-state index contributed by atoms with van der Waals surface area (Å²) in [4.78, 5) is 16.3. The smallest absolute Gasteiger partial charge is 0.416 e. The van der Waals surface area contributed by atoms with E-state index in [0.29, 0.717) is 12.1 Å². The molecule has 0 spiro atoms. The molecule has 0 aliphatic carbocycles. The molecule has 3 rings (SSSR count). The first kappa shape index (κ1) is 21.2. The zero-order valence-electron chi connectivity index (χ0n) is 16.4. The standard InChI is InChI=1S/C22H25F3N2O2/c1-26(21(28)29-16-17-7-3-2-4-8-17)20(15-27-13-5-6-14-27)18-9-11-19(12-10-18)22(23,24)25/h2-4,7-12,20H,5-6,13-16H2,1H3/t20-/m1/s1. The molecule has 0 saturated carbocycles. The second kappa shape index (κ2) is 9.31. The quantitative estimate of drug-likeness (QED) is 0.668. The number of carbonyl (C=O) groups is 1. The van der Waals surface area contributed by atoms with Crippen molar-refractivity contribution < 1.29 is 22.7 Å². The average molecular weight is 406 g/mol. The molecule has 1 aliphatic rings. The van der Waals surface area contributed by atoms with Crippen molar-refractivity contribution in [1.82, 2.24) is 9.80 Å². The van der Waals surface area contributed by atoms with Crippen molar-refractivity contribution in [3.8, 4) is 0 Å². The van der Waals surface area contributed by atoms with Crippen molar-refractivity contribution in [1.29, 1.82) is 0 Å². The van der Waals surface area contributed by atoms with Gasteiger partial charge in [-0.25, -0.2) is 4.79 Å². The molecule has 1 saturated heterocycles. The minimum atomic E-state index is -4.39. The van der Waals surface area contributed by atoms with Gasteiger partial charge in [0.15, 0.2) is 0 Å². The van der Waals surface area contributed by atoms with Gasteiger partial charge in [-0.2, -0.15) is 13.2 Å². The van der Waals surface area contributed by atoms with Crippen LogP contribution in [-0.2, 0) is 17.5 Å². The fraction of sp³-hybridized carbons (Fsp3) is 0.409. The zero-order valence-corrected chi connectivity index (χ0v) is 16.4. The van der Waals surface area contributed by atoms with Gasteiger partial charge < -0.3 is 14.5 Å². The summed E-state index contributed by atoms with van der Waals surface area (Å²) in [6, 6.07) is 14.0. The summed E-state index contributed by atoms with van der Waals surface area (Å²) >= 11 is 0. The average Bonchev–Trinajstić information content (AvgIpc) is 3.23. The van der Waals surface area contributed by atoms with E-state index in [0.717, 1.165) is 43.6 Å². The number of likely N-dealkylation sites (N-methyl/N-ethyl adjacent to an activating group) is 1. The van der Waals surface area contributed by atoms with E-state index in [1.165, 1.54) is 17.0 Å². The molecule has 1 fully saturated rings. The van der Waals surface area contributed by atoms with Gasteiger partial charge >= 0.3 is 12.3 Å². The highest BCUT2D eigenvalue weighted by molar-refractivity contribution is 5.68. The summed E-state index contributed by atoms with van der Waals surface area (Å²) in [6.07, 6.45) is -2.72. The second-order valence-electron chi connectivity index (χ2n) is 7.29. The molecule has 1 heterocycles. The molecule has 7 heteroatoms. The number of hydrogen-bond donors (Lipinski definition) is 0. The number of nitrogens with zero attached hydrogens (tertiary/aromatic N) is 2. The maximum atomic E-state index is 12.9. The first-order chi connectivity index (χ1) is 13.8. The fourth-order valence-electron chi connectivity index (χ4n) is 3.50. The van der Waals surface area contributed by atoms with Crippen LogP contribution in [0.5, 0.6) is 0 Å². The number of likely N-dealkylation sites (tertiary alicyclic amines) is 1. The monoisotopic (exact) mass is 406 g/mol. The Morgan fingerprint density at radius 1 is 1.07 bits per heavy atom. The van der Waals surface area contributed by atoms with E-state index in [1.54, 1.807) is 7.05 Å². The van der Waals surface area contributed by atoms with Crippen molar-refractivity contribution in [2.45, 2.75) is 31.7 Å². The van der Waals surface area contributed by atoms with Gasteiger partial charge in [0.2, 0.25) is 0 Å². The Balaban J connectivity index is 1.73. The van der Waals surface area contributed by atoms with Crippen LogP contribution in [0.4, 0.5) is 18.0 Å². The summed E-state index contributed by atoms with van der Waals surface area (Å²) < 4.78 is 44.1. The Kier molecular flexibility index (Phi) is 6.79. The number of carbonyl (C=O) groups excluding carboxylic acids is 1. The number of benzene rings is 2. The van der Waals surface area contributed by atoms with Crippen molar-refractivity contribution >= 4 is 6.09 Å². The van der Waals surface area contributed by atoms with Crippen LogP contribution in [0, 0.1) is 0 Å².